The highest BCUT2D eigenvalue weighted by molar-refractivity contribution is 7.89. The molecule has 0 radical (unpaired) electrons. The molecule has 0 bridgehead atoms. The molecule has 0 fully saturated rings. The molecule has 0 atom stereocenters. The van der Waals surface area contributed by atoms with Crippen molar-refractivity contribution in [2.75, 3.05) is 0 Å². The summed E-state index contributed by atoms with van der Waals surface area (Å²) in [6.45, 7) is 5.88. The van der Waals surface area contributed by atoms with Crippen molar-refractivity contribution in [1.29, 1.82) is 0 Å². The Morgan fingerprint density at radius 1 is 1.39 bits per heavy atom. The molecule has 1 aromatic carbocycles. The van der Waals surface area contributed by atoms with Gasteiger partial charge in [-0.1, -0.05) is 24.6 Å². The number of rotatable bonds is 5. The van der Waals surface area contributed by atoms with E-state index in [2.05, 4.69) is 4.72 Å². The van der Waals surface area contributed by atoms with Crippen molar-refractivity contribution < 1.29 is 8.42 Å². The van der Waals surface area contributed by atoms with Gasteiger partial charge in [0.1, 0.15) is 0 Å². The van der Waals surface area contributed by atoms with Crippen LogP contribution in [0.2, 0.25) is 5.02 Å². The minimum Gasteiger partial charge on any atom is -0.326 e. The van der Waals surface area contributed by atoms with E-state index in [4.69, 9.17) is 17.3 Å². The molecule has 1 aromatic rings. The van der Waals surface area contributed by atoms with E-state index in [1.54, 1.807) is 6.07 Å². The number of benzene rings is 1. The molecule has 3 N–H and O–H groups in total. The molecule has 0 spiro atoms. The van der Waals surface area contributed by atoms with Crippen LogP contribution in [0.1, 0.15) is 32.8 Å². The van der Waals surface area contributed by atoms with E-state index in [0.717, 1.165) is 5.56 Å². The molecule has 0 saturated carbocycles. The summed E-state index contributed by atoms with van der Waals surface area (Å²) in [6.07, 6.45) is 0.695. The second-order valence-electron chi connectivity index (χ2n) is 4.80. The number of halogens is 1. The first-order chi connectivity index (χ1) is 8.22. The summed E-state index contributed by atoms with van der Waals surface area (Å²) in [5.41, 5.74) is 5.72. The quantitative estimate of drug-likeness (QED) is 0.874. The van der Waals surface area contributed by atoms with Gasteiger partial charge in [0.15, 0.2) is 0 Å². The zero-order chi connectivity index (χ0) is 14.0. The van der Waals surface area contributed by atoms with E-state index in [9.17, 15) is 8.42 Å². The van der Waals surface area contributed by atoms with Crippen LogP contribution >= 0.6 is 11.6 Å². The van der Waals surface area contributed by atoms with Crippen LogP contribution in [0.4, 0.5) is 0 Å². The van der Waals surface area contributed by atoms with Gasteiger partial charge in [-0.3, -0.25) is 0 Å². The summed E-state index contributed by atoms with van der Waals surface area (Å²) in [4.78, 5) is 0.159. The highest BCUT2D eigenvalue weighted by Crippen LogP contribution is 2.22. The van der Waals surface area contributed by atoms with Gasteiger partial charge in [-0.05, 0) is 38.0 Å². The van der Waals surface area contributed by atoms with Crippen molar-refractivity contribution in [3.8, 4) is 0 Å². The third kappa shape index (κ3) is 3.68. The van der Waals surface area contributed by atoms with Crippen LogP contribution in [-0.2, 0) is 16.6 Å². The third-order valence-corrected chi connectivity index (χ3v) is 4.90. The fraction of sp³-hybridized carbons (Fsp3) is 0.500. The lowest BCUT2D eigenvalue weighted by Gasteiger charge is -2.24. The van der Waals surface area contributed by atoms with Gasteiger partial charge in [-0.15, -0.1) is 0 Å². The molecule has 1 rings (SSSR count). The Bertz CT molecular complexity index is 527. The largest absolute Gasteiger partial charge is 0.326 e. The average Bonchev–Trinajstić information content (AvgIpc) is 2.27. The maximum atomic E-state index is 12.2. The molecule has 0 aliphatic carbocycles. The van der Waals surface area contributed by atoms with E-state index in [1.807, 2.05) is 20.8 Å². The summed E-state index contributed by atoms with van der Waals surface area (Å²) in [7, 11) is -3.55. The van der Waals surface area contributed by atoms with Crippen LogP contribution in [0.15, 0.2) is 23.1 Å². The van der Waals surface area contributed by atoms with E-state index in [1.165, 1.54) is 12.1 Å². The number of hydrogen-bond donors (Lipinski definition) is 2. The van der Waals surface area contributed by atoms with Crippen LogP contribution in [-0.4, -0.2) is 14.0 Å². The average molecular weight is 291 g/mol. The van der Waals surface area contributed by atoms with Gasteiger partial charge in [0.05, 0.1) is 4.90 Å². The third-order valence-electron chi connectivity index (χ3n) is 2.85. The Balaban J connectivity index is 3.10. The van der Waals surface area contributed by atoms with Gasteiger partial charge in [0.25, 0.3) is 0 Å². The summed E-state index contributed by atoms with van der Waals surface area (Å²) >= 11 is 5.97. The normalized spacial score (nSPS) is 12.7. The van der Waals surface area contributed by atoms with Crippen LogP contribution < -0.4 is 10.5 Å². The topological polar surface area (TPSA) is 72.2 Å². The molecule has 0 heterocycles. The smallest absolute Gasteiger partial charge is 0.241 e. The highest BCUT2D eigenvalue weighted by atomic mass is 35.5. The Hall–Kier alpha value is -0.620. The molecular formula is C12H19ClN2O2S. The number of sulfonamides is 1. The van der Waals surface area contributed by atoms with Gasteiger partial charge in [0.2, 0.25) is 10.0 Å². The van der Waals surface area contributed by atoms with Gasteiger partial charge in [-0.2, -0.15) is 0 Å². The first-order valence-corrected chi connectivity index (χ1v) is 7.60. The van der Waals surface area contributed by atoms with Gasteiger partial charge >= 0.3 is 0 Å². The molecule has 0 aliphatic rings. The van der Waals surface area contributed by atoms with Gasteiger partial charge < -0.3 is 5.73 Å². The molecule has 0 aliphatic heterocycles. The SMILES string of the molecule is CCC(C)(C)NS(=O)(=O)c1ccc(CN)c(Cl)c1. The maximum absolute atomic E-state index is 12.2. The summed E-state index contributed by atoms with van der Waals surface area (Å²) in [5, 5.41) is 0.370. The lowest BCUT2D eigenvalue weighted by Crippen LogP contribution is -2.42. The van der Waals surface area contributed by atoms with Crippen molar-refractivity contribution in [3.05, 3.63) is 28.8 Å². The predicted octanol–water partition coefficient (Wildman–Crippen LogP) is 2.27. The van der Waals surface area contributed by atoms with Crippen molar-refractivity contribution >= 4 is 21.6 Å². The summed E-state index contributed by atoms with van der Waals surface area (Å²) in [6, 6.07) is 4.58. The fourth-order valence-electron chi connectivity index (χ4n) is 1.36. The second-order valence-corrected chi connectivity index (χ2v) is 6.89. The van der Waals surface area contributed by atoms with Crippen LogP contribution in [0.5, 0.6) is 0 Å². The molecular weight excluding hydrogens is 272 g/mol. The molecule has 0 amide bonds. The summed E-state index contributed by atoms with van der Waals surface area (Å²) in [5.74, 6) is 0. The standard InChI is InChI=1S/C12H19ClN2O2S/c1-4-12(2,3)15-18(16,17)10-6-5-9(8-14)11(13)7-10/h5-7,15H,4,8,14H2,1-3H3. The lowest BCUT2D eigenvalue weighted by molar-refractivity contribution is 0.439. The van der Waals surface area contributed by atoms with E-state index in [-0.39, 0.29) is 11.4 Å². The number of nitrogens with one attached hydrogen (secondary N) is 1. The maximum Gasteiger partial charge on any atom is 0.241 e. The fourth-order valence-corrected chi connectivity index (χ4v) is 3.19. The molecule has 102 valence electrons. The van der Waals surface area contributed by atoms with Crippen LogP contribution in [0.25, 0.3) is 0 Å². The molecule has 0 unspecified atom stereocenters. The van der Waals surface area contributed by atoms with Gasteiger partial charge in [0, 0.05) is 17.1 Å². The zero-order valence-electron chi connectivity index (χ0n) is 10.8. The minimum atomic E-state index is -3.55. The van der Waals surface area contributed by atoms with Crippen molar-refractivity contribution in [1.82, 2.24) is 4.72 Å². The predicted molar refractivity (Wildman–Crippen MR) is 74.0 cm³/mol. The Labute approximate surface area is 114 Å². The van der Waals surface area contributed by atoms with E-state index in [0.29, 0.717) is 11.4 Å². The zero-order valence-corrected chi connectivity index (χ0v) is 12.4. The number of nitrogens with two attached hydrogens (primary N) is 1. The lowest BCUT2D eigenvalue weighted by atomic mass is 10.0. The van der Waals surface area contributed by atoms with Crippen molar-refractivity contribution in [3.63, 3.8) is 0 Å². The Morgan fingerprint density at radius 2 is 2.00 bits per heavy atom. The highest BCUT2D eigenvalue weighted by Gasteiger charge is 2.24. The second kappa shape index (κ2) is 5.57. The summed E-state index contributed by atoms with van der Waals surface area (Å²) < 4.78 is 27.0. The first-order valence-electron chi connectivity index (χ1n) is 5.74. The Kier molecular flexibility index (Phi) is 4.78. The van der Waals surface area contributed by atoms with Crippen LogP contribution in [0, 0.1) is 0 Å². The molecule has 6 heteroatoms. The van der Waals surface area contributed by atoms with Crippen molar-refractivity contribution in [2.45, 2.75) is 44.2 Å². The molecule has 0 saturated heterocycles. The van der Waals surface area contributed by atoms with E-state index >= 15 is 0 Å². The Morgan fingerprint density at radius 3 is 2.44 bits per heavy atom. The molecule has 18 heavy (non-hydrogen) atoms. The van der Waals surface area contributed by atoms with E-state index < -0.39 is 15.6 Å². The monoisotopic (exact) mass is 290 g/mol. The molecule has 4 nitrogen and oxygen atoms in total. The first kappa shape index (κ1) is 15.4. The van der Waals surface area contributed by atoms with Crippen LogP contribution in [0.3, 0.4) is 0 Å². The minimum absolute atomic E-state index is 0.159. The molecule has 0 aromatic heterocycles. The van der Waals surface area contributed by atoms with Gasteiger partial charge in [-0.25, -0.2) is 13.1 Å². The van der Waals surface area contributed by atoms with Crippen molar-refractivity contribution in [2.24, 2.45) is 5.73 Å². The number of hydrogen-bond acceptors (Lipinski definition) is 3.